The molecule has 0 bridgehead atoms. The van der Waals surface area contributed by atoms with Gasteiger partial charge >= 0.3 is 0 Å². The summed E-state index contributed by atoms with van der Waals surface area (Å²) in [6.45, 7) is 0.578. The first kappa shape index (κ1) is 17.1. The lowest BCUT2D eigenvalue weighted by Gasteiger charge is -2.20. The molecule has 3 aromatic rings. The minimum Gasteiger partial charge on any atom is -0.483 e. The Morgan fingerprint density at radius 2 is 1.78 bits per heavy atom. The third kappa shape index (κ3) is 3.62. The Balaban J connectivity index is 1.47. The van der Waals surface area contributed by atoms with E-state index in [-0.39, 0.29) is 18.4 Å². The van der Waals surface area contributed by atoms with Crippen LogP contribution in [-0.2, 0) is 9.59 Å². The zero-order valence-corrected chi connectivity index (χ0v) is 14.9. The van der Waals surface area contributed by atoms with Crippen molar-refractivity contribution in [2.45, 2.75) is 12.8 Å². The third-order valence-corrected chi connectivity index (χ3v) is 4.65. The van der Waals surface area contributed by atoms with Crippen molar-refractivity contribution in [3.8, 4) is 5.75 Å². The lowest BCUT2D eigenvalue weighted by atomic mass is 10.1. The van der Waals surface area contributed by atoms with Gasteiger partial charge in [0.05, 0.1) is 11.4 Å². The molecule has 1 N–H and O–H groups in total. The molecule has 27 heavy (non-hydrogen) atoms. The van der Waals surface area contributed by atoms with Crippen LogP contribution in [0.4, 0.5) is 11.4 Å². The van der Waals surface area contributed by atoms with E-state index in [1.54, 1.807) is 11.0 Å². The molecule has 0 saturated carbocycles. The summed E-state index contributed by atoms with van der Waals surface area (Å²) in [5.74, 6) is 0.497. The van der Waals surface area contributed by atoms with Gasteiger partial charge in [-0.3, -0.25) is 9.59 Å². The number of amides is 2. The quantitative estimate of drug-likeness (QED) is 0.749. The van der Waals surface area contributed by atoms with Gasteiger partial charge in [-0.1, -0.05) is 48.5 Å². The van der Waals surface area contributed by atoms with E-state index in [1.165, 1.54) is 0 Å². The van der Waals surface area contributed by atoms with Crippen LogP contribution in [0.1, 0.15) is 12.8 Å². The average Bonchev–Trinajstić information content (AvgIpc) is 3.12. The van der Waals surface area contributed by atoms with Crippen molar-refractivity contribution in [2.24, 2.45) is 0 Å². The van der Waals surface area contributed by atoms with Crippen LogP contribution in [0.25, 0.3) is 10.8 Å². The Morgan fingerprint density at radius 1 is 1.00 bits per heavy atom. The van der Waals surface area contributed by atoms with Gasteiger partial charge in [0.25, 0.3) is 5.91 Å². The number of benzene rings is 3. The summed E-state index contributed by atoms with van der Waals surface area (Å²) >= 11 is 0. The predicted octanol–water partition coefficient (Wildman–Crippen LogP) is 3.98. The highest BCUT2D eigenvalue weighted by Crippen LogP contribution is 2.29. The summed E-state index contributed by atoms with van der Waals surface area (Å²) < 4.78 is 5.75. The highest BCUT2D eigenvalue weighted by Gasteiger charge is 2.24. The topological polar surface area (TPSA) is 58.6 Å². The van der Waals surface area contributed by atoms with Gasteiger partial charge in [0.2, 0.25) is 5.91 Å². The van der Waals surface area contributed by atoms with Gasteiger partial charge in [0.1, 0.15) is 5.75 Å². The first-order valence-corrected chi connectivity index (χ1v) is 9.02. The van der Waals surface area contributed by atoms with Crippen molar-refractivity contribution in [3.05, 3.63) is 66.7 Å². The van der Waals surface area contributed by atoms with E-state index in [4.69, 9.17) is 4.74 Å². The molecule has 5 heteroatoms. The number of nitrogens with one attached hydrogen (secondary N) is 1. The Kier molecular flexibility index (Phi) is 4.75. The van der Waals surface area contributed by atoms with Crippen LogP contribution < -0.4 is 15.0 Å². The second kappa shape index (κ2) is 7.50. The molecule has 1 fully saturated rings. The molecule has 1 aliphatic heterocycles. The standard InChI is InChI=1S/C22H20N2O3/c25-21(15-27-20-12-5-8-16-7-1-2-9-17(16)20)23-18-10-3-4-11-19(18)24-14-6-13-22(24)26/h1-5,7-12H,6,13-15H2,(H,23,25). The van der Waals surface area contributed by atoms with Crippen molar-refractivity contribution in [2.75, 3.05) is 23.4 Å². The fourth-order valence-corrected chi connectivity index (χ4v) is 3.37. The van der Waals surface area contributed by atoms with E-state index in [0.29, 0.717) is 24.4 Å². The van der Waals surface area contributed by atoms with Crippen molar-refractivity contribution < 1.29 is 14.3 Å². The number of nitrogens with zero attached hydrogens (tertiary/aromatic N) is 1. The van der Waals surface area contributed by atoms with Crippen LogP contribution in [0.2, 0.25) is 0 Å². The van der Waals surface area contributed by atoms with Gasteiger partial charge in [-0.15, -0.1) is 0 Å². The van der Waals surface area contributed by atoms with Gasteiger partial charge in [0.15, 0.2) is 6.61 Å². The van der Waals surface area contributed by atoms with Crippen LogP contribution in [0.15, 0.2) is 66.7 Å². The molecule has 1 aliphatic rings. The highest BCUT2D eigenvalue weighted by molar-refractivity contribution is 6.02. The van der Waals surface area contributed by atoms with Crippen molar-refractivity contribution in [3.63, 3.8) is 0 Å². The lowest BCUT2D eigenvalue weighted by Crippen LogP contribution is -2.26. The summed E-state index contributed by atoms with van der Waals surface area (Å²) in [6.07, 6.45) is 1.39. The molecule has 5 nitrogen and oxygen atoms in total. The molecular formula is C22H20N2O3. The van der Waals surface area contributed by atoms with Crippen molar-refractivity contribution in [1.82, 2.24) is 0 Å². The number of carbonyl (C=O) groups excluding carboxylic acids is 2. The molecule has 0 atom stereocenters. The second-order valence-electron chi connectivity index (χ2n) is 6.48. The van der Waals surface area contributed by atoms with E-state index in [9.17, 15) is 9.59 Å². The maximum atomic E-state index is 12.4. The fourth-order valence-electron chi connectivity index (χ4n) is 3.37. The smallest absolute Gasteiger partial charge is 0.262 e. The van der Waals surface area contributed by atoms with E-state index in [2.05, 4.69) is 5.32 Å². The van der Waals surface area contributed by atoms with E-state index in [0.717, 1.165) is 22.9 Å². The summed E-state index contributed by atoms with van der Waals surface area (Å²) in [5.41, 5.74) is 1.36. The van der Waals surface area contributed by atoms with Crippen LogP contribution in [0, 0.1) is 0 Å². The Hall–Kier alpha value is -3.34. The van der Waals surface area contributed by atoms with Crippen LogP contribution in [0.3, 0.4) is 0 Å². The number of ether oxygens (including phenoxy) is 1. The number of anilines is 2. The van der Waals surface area contributed by atoms with Gasteiger partial charge in [-0.25, -0.2) is 0 Å². The van der Waals surface area contributed by atoms with Gasteiger partial charge in [-0.2, -0.15) is 0 Å². The van der Waals surface area contributed by atoms with Gasteiger partial charge in [-0.05, 0) is 30.0 Å². The minimum absolute atomic E-state index is 0.0868. The molecule has 0 spiro atoms. The van der Waals surface area contributed by atoms with E-state index >= 15 is 0 Å². The molecular weight excluding hydrogens is 340 g/mol. The molecule has 3 aromatic carbocycles. The van der Waals surface area contributed by atoms with Crippen LogP contribution in [0.5, 0.6) is 5.75 Å². The normalized spacial score (nSPS) is 13.8. The maximum Gasteiger partial charge on any atom is 0.262 e. The number of hydrogen-bond acceptors (Lipinski definition) is 3. The van der Waals surface area contributed by atoms with E-state index < -0.39 is 0 Å². The van der Waals surface area contributed by atoms with Crippen molar-refractivity contribution in [1.29, 1.82) is 0 Å². The average molecular weight is 360 g/mol. The molecule has 1 saturated heterocycles. The molecule has 136 valence electrons. The summed E-state index contributed by atoms with van der Waals surface area (Å²) in [4.78, 5) is 26.2. The maximum absolute atomic E-state index is 12.4. The Bertz CT molecular complexity index is 994. The molecule has 0 radical (unpaired) electrons. The molecule has 1 heterocycles. The third-order valence-electron chi connectivity index (χ3n) is 4.65. The summed E-state index contributed by atoms with van der Waals surface area (Å²) in [7, 11) is 0. The van der Waals surface area contributed by atoms with Gasteiger partial charge in [0, 0.05) is 18.4 Å². The number of hydrogen-bond donors (Lipinski definition) is 1. The predicted molar refractivity (Wildman–Crippen MR) is 106 cm³/mol. The lowest BCUT2D eigenvalue weighted by molar-refractivity contribution is -0.118. The molecule has 0 aromatic heterocycles. The largest absolute Gasteiger partial charge is 0.483 e. The first-order valence-electron chi connectivity index (χ1n) is 9.02. The minimum atomic E-state index is -0.262. The van der Waals surface area contributed by atoms with Crippen molar-refractivity contribution >= 4 is 34.0 Å². The molecule has 4 rings (SSSR count). The van der Waals surface area contributed by atoms with Crippen LogP contribution >= 0.6 is 0 Å². The zero-order valence-electron chi connectivity index (χ0n) is 14.9. The SMILES string of the molecule is O=C(COc1cccc2ccccc12)Nc1ccccc1N1CCCC1=O. The van der Waals surface area contributed by atoms with Gasteiger partial charge < -0.3 is 15.0 Å². The van der Waals surface area contributed by atoms with E-state index in [1.807, 2.05) is 60.7 Å². The summed E-state index contributed by atoms with van der Waals surface area (Å²) in [5, 5.41) is 4.90. The number of fused-ring (bicyclic) bond motifs is 1. The number of rotatable bonds is 5. The zero-order chi connectivity index (χ0) is 18.6. The summed E-state index contributed by atoms with van der Waals surface area (Å²) in [6, 6.07) is 21.0. The second-order valence-corrected chi connectivity index (χ2v) is 6.48. The number of carbonyl (C=O) groups is 2. The number of para-hydroxylation sites is 2. The first-order chi connectivity index (χ1) is 13.2. The highest BCUT2D eigenvalue weighted by atomic mass is 16.5. The molecule has 0 aliphatic carbocycles. The Morgan fingerprint density at radius 3 is 2.63 bits per heavy atom. The fraction of sp³-hybridized carbons (Fsp3) is 0.182. The molecule has 2 amide bonds. The monoisotopic (exact) mass is 360 g/mol. The Labute approximate surface area is 157 Å². The molecule has 0 unspecified atom stereocenters. The van der Waals surface area contributed by atoms with Crippen LogP contribution in [-0.4, -0.2) is 25.0 Å².